The van der Waals surface area contributed by atoms with Crippen LogP contribution in [-0.4, -0.2) is 16.4 Å². The van der Waals surface area contributed by atoms with E-state index in [0.717, 1.165) is 25.2 Å². The molecule has 176 valence electrons. The Hall–Kier alpha value is 0.110. The van der Waals surface area contributed by atoms with Crippen LogP contribution < -0.4 is 0 Å². The highest BCUT2D eigenvalue weighted by molar-refractivity contribution is 7.46. The summed E-state index contributed by atoms with van der Waals surface area (Å²) in [5.74, 6) is 0.873. The normalized spacial score (nSPS) is 12.2. The van der Waals surface area contributed by atoms with Crippen LogP contribution in [0.2, 0.25) is 0 Å². The Morgan fingerprint density at radius 1 is 0.552 bits per heavy atom. The van der Waals surface area contributed by atoms with Crippen molar-refractivity contribution >= 4 is 7.82 Å². The van der Waals surface area contributed by atoms with Crippen LogP contribution in [0.1, 0.15) is 142 Å². The lowest BCUT2D eigenvalue weighted by molar-refractivity contribution is 0.193. The SMILES string of the molecule is CC(C)CCCCCCCCCCCCCCCCCCCCCOP(=O)(O)O. The van der Waals surface area contributed by atoms with Crippen LogP contribution >= 0.6 is 7.82 Å². The first-order valence-corrected chi connectivity index (χ1v) is 14.1. The van der Waals surface area contributed by atoms with Crippen LogP contribution in [0.3, 0.4) is 0 Å². The molecule has 0 aliphatic heterocycles. The lowest BCUT2D eigenvalue weighted by Gasteiger charge is -2.05. The molecule has 0 atom stereocenters. The number of hydrogen-bond donors (Lipinski definition) is 2. The molecule has 0 aliphatic rings. The topological polar surface area (TPSA) is 66.8 Å². The minimum Gasteiger partial charge on any atom is -0.303 e. The van der Waals surface area contributed by atoms with E-state index in [0.29, 0.717) is 0 Å². The fourth-order valence-electron chi connectivity index (χ4n) is 3.84. The van der Waals surface area contributed by atoms with Crippen molar-refractivity contribution in [1.29, 1.82) is 0 Å². The molecule has 0 aliphatic carbocycles. The van der Waals surface area contributed by atoms with Crippen LogP contribution in [0.15, 0.2) is 0 Å². The molecule has 0 saturated carbocycles. The van der Waals surface area contributed by atoms with Crippen molar-refractivity contribution in [2.45, 2.75) is 142 Å². The first-order chi connectivity index (χ1) is 13.9. The zero-order valence-electron chi connectivity index (χ0n) is 19.6. The van der Waals surface area contributed by atoms with Crippen molar-refractivity contribution in [3.63, 3.8) is 0 Å². The minimum absolute atomic E-state index is 0.169. The van der Waals surface area contributed by atoms with Gasteiger partial charge in [0.2, 0.25) is 0 Å². The highest BCUT2D eigenvalue weighted by Gasteiger charge is 2.12. The van der Waals surface area contributed by atoms with Crippen molar-refractivity contribution in [2.24, 2.45) is 5.92 Å². The van der Waals surface area contributed by atoms with Gasteiger partial charge in [0.25, 0.3) is 0 Å². The molecule has 0 heterocycles. The van der Waals surface area contributed by atoms with Crippen molar-refractivity contribution in [3.8, 4) is 0 Å². The van der Waals surface area contributed by atoms with E-state index in [1.807, 2.05) is 0 Å². The molecule has 0 amide bonds. The Morgan fingerprint density at radius 2 is 0.828 bits per heavy atom. The fourth-order valence-corrected chi connectivity index (χ4v) is 4.21. The molecule has 0 rings (SSSR count). The molecule has 2 N–H and O–H groups in total. The molecule has 0 aromatic rings. The van der Waals surface area contributed by atoms with Crippen LogP contribution in [0.4, 0.5) is 0 Å². The summed E-state index contributed by atoms with van der Waals surface area (Å²) < 4.78 is 15.0. The second kappa shape index (κ2) is 21.3. The zero-order valence-corrected chi connectivity index (χ0v) is 20.5. The number of unbranched alkanes of at least 4 members (excludes halogenated alkanes) is 18. The van der Waals surface area contributed by atoms with Gasteiger partial charge in [0.1, 0.15) is 0 Å². The van der Waals surface area contributed by atoms with Crippen LogP contribution in [0.25, 0.3) is 0 Å². The maximum atomic E-state index is 10.5. The van der Waals surface area contributed by atoms with Gasteiger partial charge in [-0.1, -0.05) is 136 Å². The summed E-state index contributed by atoms with van der Waals surface area (Å²) >= 11 is 0. The Balaban J connectivity index is 3.04. The van der Waals surface area contributed by atoms with Crippen molar-refractivity contribution in [2.75, 3.05) is 6.61 Å². The molecule has 0 saturated heterocycles. The summed E-state index contributed by atoms with van der Waals surface area (Å²) in [6.07, 6.45) is 26.6. The summed E-state index contributed by atoms with van der Waals surface area (Å²) in [6, 6.07) is 0. The molecule has 0 bridgehead atoms. The van der Waals surface area contributed by atoms with E-state index in [2.05, 4.69) is 18.4 Å². The van der Waals surface area contributed by atoms with E-state index < -0.39 is 7.82 Å². The molecule has 0 spiro atoms. The first kappa shape index (κ1) is 29.1. The molecule has 0 aromatic carbocycles. The van der Waals surface area contributed by atoms with Crippen LogP contribution in [0.5, 0.6) is 0 Å². The van der Waals surface area contributed by atoms with Gasteiger partial charge in [0, 0.05) is 0 Å². The molecular weight excluding hydrogens is 383 g/mol. The molecule has 0 fully saturated rings. The lowest BCUT2D eigenvalue weighted by Crippen LogP contribution is -1.92. The first-order valence-electron chi connectivity index (χ1n) is 12.6. The van der Waals surface area contributed by atoms with Gasteiger partial charge >= 0.3 is 7.82 Å². The molecule has 0 radical (unpaired) electrons. The van der Waals surface area contributed by atoms with Crippen molar-refractivity contribution in [3.05, 3.63) is 0 Å². The van der Waals surface area contributed by atoms with Gasteiger partial charge < -0.3 is 9.79 Å². The third-order valence-electron chi connectivity index (χ3n) is 5.69. The predicted molar refractivity (Wildman–Crippen MR) is 125 cm³/mol. The Kier molecular flexibility index (Phi) is 21.4. The maximum absolute atomic E-state index is 10.5. The summed E-state index contributed by atoms with van der Waals surface area (Å²) in [4.78, 5) is 17.2. The highest BCUT2D eigenvalue weighted by atomic mass is 31.2. The van der Waals surface area contributed by atoms with Crippen LogP contribution in [0, 0.1) is 5.92 Å². The predicted octanol–water partition coefficient (Wildman–Crippen LogP) is 8.55. The van der Waals surface area contributed by atoms with E-state index in [-0.39, 0.29) is 6.61 Å². The Bertz CT molecular complexity index is 368. The van der Waals surface area contributed by atoms with E-state index in [4.69, 9.17) is 9.79 Å². The number of phosphoric acid groups is 1. The quantitative estimate of drug-likeness (QED) is 0.125. The maximum Gasteiger partial charge on any atom is 0.469 e. The van der Waals surface area contributed by atoms with Crippen molar-refractivity contribution in [1.82, 2.24) is 0 Å². The van der Waals surface area contributed by atoms with E-state index in [1.165, 1.54) is 109 Å². The Morgan fingerprint density at radius 3 is 1.10 bits per heavy atom. The third-order valence-corrected chi connectivity index (χ3v) is 6.20. The summed E-state index contributed by atoms with van der Waals surface area (Å²) in [7, 11) is -4.26. The molecule has 29 heavy (non-hydrogen) atoms. The van der Waals surface area contributed by atoms with Gasteiger partial charge in [-0.3, -0.25) is 4.52 Å². The van der Waals surface area contributed by atoms with Gasteiger partial charge in [-0.25, -0.2) is 4.57 Å². The fraction of sp³-hybridized carbons (Fsp3) is 1.00. The summed E-state index contributed by atoms with van der Waals surface area (Å²) in [5, 5.41) is 0. The van der Waals surface area contributed by atoms with E-state index in [1.54, 1.807) is 0 Å². The number of hydrogen-bond acceptors (Lipinski definition) is 2. The average Bonchev–Trinajstić information content (AvgIpc) is 2.64. The highest BCUT2D eigenvalue weighted by Crippen LogP contribution is 2.35. The smallest absolute Gasteiger partial charge is 0.303 e. The number of rotatable bonds is 23. The van der Waals surface area contributed by atoms with Gasteiger partial charge in [0.15, 0.2) is 0 Å². The third kappa shape index (κ3) is 28.1. The molecule has 0 unspecified atom stereocenters. The van der Waals surface area contributed by atoms with Crippen molar-refractivity contribution < 1.29 is 18.9 Å². The average molecular weight is 435 g/mol. The monoisotopic (exact) mass is 434 g/mol. The van der Waals surface area contributed by atoms with Crippen LogP contribution in [-0.2, 0) is 9.09 Å². The summed E-state index contributed by atoms with van der Waals surface area (Å²) in [5.41, 5.74) is 0. The van der Waals surface area contributed by atoms with Gasteiger partial charge in [-0.05, 0) is 12.3 Å². The van der Waals surface area contributed by atoms with Gasteiger partial charge in [0.05, 0.1) is 6.61 Å². The molecule has 0 aromatic heterocycles. The minimum atomic E-state index is -4.26. The summed E-state index contributed by atoms with van der Waals surface area (Å²) in [6.45, 7) is 4.82. The Labute approximate surface area is 181 Å². The van der Waals surface area contributed by atoms with Gasteiger partial charge in [-0.2, -0.15) is 0 Å². The lowest BCUT2D eigenvalue weighted by atomic mass is 10.0. The second-order valence-electron chi connectivity index (χ2n) is 9.22. The van der Waals surface area contributed by atoms with E-state index >= 15 is 0 Å². The number of phosphoric ester groups is 1. The zero-order chi connectivity index (χ0) is 21.6. The standard InChI is InChI=1S/C24H51O4P/c1-24(2)22-20-18-16-14-12-10-8-6-4-3-5-7-9-11-13-15-17-19-21-23-28-29(25,26)27/h24H,3-23H2,1-2H3,(H2,25,26,27). The molecular formula is C24H51O4P. The second-order valence-corrected chi connectivity index (χ2v) is 10.5. The van der Waals surface area contributed by atoms with E-state index in [9.17, 15) is 4.57 Å². The largest absolute Gasteiger partial charge is 0.469 e. The van der Waals surface area contributed by atoms with Gasteiger partial charge in [-0.15, -0.1) is 0 Å². The molecule has 4 nitrogen and oxygen atoms in total. The molecule has 5 heteroatoms.